The van der Waals surface area contributed by atoms with Gasteiger partial charge in [0, 0.05) is 0 Å². The fraction of sp³-hybridized carbons (Fsp3) is 0.286. The van der Waals surface area contributed by atoms with Gasteiger partial charge in [-0.2, -0.15) is 4.99 Å². The molecule has 2 aliphatic heterocycles. The first kappa shape index (κ1) is 8.54. The van der Waals surface area contributed by atoms with Crippen molar-refractivity contribution in [2.24, 2.45) is 20.7 Å². The molecule has 3 N–H and O–H groups in total. The fourth-order valence-corrected chi connectivity index (χ4v) is 1.35. The van der Waals surface area contributed by atoms with Gasteiger partial charge >= 0.3 is 0 Å². The molecule has 0 aliphatic carbocycles. The van der Waals surface area contributed by atoms with Crippen molar-refractivity contribution in [1.29, 1.82) is 0 Å². The number of aliphatic imine (C=N–C) groups is 3. The molecule has 2 rings (SSSR count). The molecular formula is C7H7N5O2. The van der Waals surface area contributed by atoms with E-state index in [0.717, 1.165) is 6.34 Å². The van der Waals surface area contributed by atoms with Crippen LogP contribution in [0.4, 0.5) is 0 Å². The van der Waals surface area contributed by atoms with Crippen LogP contribution in [-0.4, -0.2) is 35.4 Å². The molecule has 0 radical (unpaired) electrons. The highest BCUT2D eigenvalue weighted by atomic mass is 16.2. The van der Waals surface area contributed by atoms with Gasteiger partial charge in [-0.1, -0.05) is 0 Å². The molecule has 2 heterocycles. The van der Waals surface area contributed by atoms with Gasteiger partial charge in [0.2, 0.25) is 5.96 Å². The zero-order valence-corrected chi connectivity index (χ0v) is 7.31. The number of hydrogen-bond donors (Lipinski definition) is 2. The van der Waals surface area contributed by atoms with Gasteiger partial charge in [0.25, 0.3) is 11.4 Å². The molecule has 7 nitrogen and oxygen atoms in total. The number of amides is 1. The van der Waals surface area contributed by atoms with E-state index in [9.17, 15) is 9.59 Å². The maximum atomic E-state index is 11.6. The Labute approximate surface area is 78.8 Å². The summed E-state index contributed by atoms with van der Waals surface area (Å²) in [6, 6.07) is 0. The van der Waals surface area contributed by atoms with Crippen LogP contribution in [0.15, 0.2) is 15.0 Å². The summed E-state index contributed by atoms with van der Waals surface area (Å²) in [6.07, 6.45) is 1.14. The predicted octanol–water partition coefficient (Wildman–Crippen LogP) is -1.80. The van der Waals surface area contributed by atoms with Crippen molar-refractivity contribution < 1.29 is 9.59 Å². The van der Waals surface area contributed by atoms with Gasteiger partial charge in [0.15, 0.2) is 11.6 Å². The van der Waals surface area contributed by atoms with Crippen molar-refractivity contribution in [1.82, 2.24) is 5.32 Å². The monoisotopic (exact) mass is 193 g/mol. The third-order valence-electron chi connectivity index (χ3n) is 2.06. The average molecular weight is 193 g/mol. The third-order valence-corrected chi connectivity index (χ3v) is 2.06. The van der Waals surface area contributed by atoms with Crippen LogP contribution in [0.1, 0.15) is 6.92 Å². The Morgan fingerprint density at radius 1 is 1.64 bits per heavy atom. The number of amidine groups is 1. The van der Waals surface area contributed by atoms with Crippen LogP contribution in [0.3, 0.4) is 0 Å². The highest BCUT2D eigenvalue weighted by molar-refractivity contribution is 6.37. The number of rotatable bonds is 1. The summed E-state index contributed by atoms with van der Waals surface area (Å²) in [4.78, 5) is 34.1. The molecule has 0 aromatic rings. The highest BCUT2D eigenvalue weighted by Gasteiger charge is 2.52. The molecule has 1 unspecified atom stereocenters. The Bertz CT molecular complexity index is 422. The van der Waals surface area contributed by atoms with Crippen molar-refractivity contribution in [2.45, 2.75) is 12.5 Å². The zero-order valence-electron chi connectivity index (χ0n) is 7.31. The van der Waals surface area contributed by atoms with Gasteiger partial charge in [0.05, 0.1) is 0 Å². The molecule has 2 aliphatic rings. The average Bonchev–Trinajstić information content (AvgIpc) is 2.48. The Morgan fingerprint density at radius 2 is 2.36 bits per heavy atom. The number of ketones is 1. The van der Waals surface area contributed by atoms with E-state index in [1.54, 1.807) is 0 Å². The van der Waals surface area contributed by atoms with Crippen LogP contribution in [0.2, 0.25) is 0 Å². The topological polar surface area (TPSA) is 109 Å². The minimum Gasteiger partial charge on any atom is -0.369 e. The zero-order chi connectivity index (χ0) is 10.3. The second-order valence-electron chi connectivity index (χ2n) is 2.92. The van der Waals surface area contributed by atoms with Gasteiger partial charge in [-0.25, -0.2) is 9.98 Å². The third kappa shape index (κ3) is 0.832. The molecular weight excluding hydrogens is 186 g/mol. The molecule has 0 saturated heterocycles. The normalized spacial score (nSPS) is 29.1. The summed E-state index contributed by atoms with van der Waals surface area (Å²) in [5.41, 5.74) is 3.70. The van der Waals surface area contributed by atoms with Crippen LogP contribution < -0.4 is 11.1 Å². The lowest BCUT2D eigenvalue weighted by molar-refractivity contribution is -0.130. The van der Waals surface area contributed by atoms with Crippen molar-refractivity contribution in [3.05, 3.63) is 0 Å². The van der Waals surface area contributed by atoms with E-state index in [4.69, 9.17) is 5.73 Å². The molecule has 0 aromatic carbocycles. The summed E-state index contributed by atoms with van der Waals surface area (Å²) in [6.45, 7) is 1.26. The summed E-state index contributed by atoms with van der Waals surface area (Å²) in [7, 11) is 0. The molecule has 0 aromatic heterocycles. The molecule has 1 amide bonds. The molecule has 0 fully saturated rings. The minimum absolute atomic E-state index is 0.0336. The van der Waals surface area contributed by atoms with E-state index in [-0.39, 0.29) is 11.8 Å². The SMILES string of the molecule is CC(=O)C12N=CN=C1N=C(N)NC2=O. The second-order valence-corrected chi connectivity index (χ2v) is 2.92. The molecule has 7 heteroatoms. The summed E-state index contributed by atoms with van der Waals surface area (Å²) >= 11 is 0. The van der Waals surface area contributed by atoms with Crippen LogP contribution in [-0.2, 0) is 9.59 Å². The van der Waals surface area contributed by atoms with Gasteiger partial charge in [-0.3, -0.25) is 14.9 Å². The largest absolute Gasteiger partial charge is 0.369 e. The van der Waals surface area contributed by atoms with Crippen LogP contribution in [0.5, 0.6) is 0 Å². The van der Waals surface area contributed by atoms with E-state index in [2.05, 4.69) is 20.3 Å². The first-order valence-electron chi connectivity index (χ1n) is 3.86. The molecule has 0 bridgehead atoms. The number of nitrogens with one attached hydrogen (secondary N) is 1. The lowest BCUT2D eigenvalue weighted by Crippen LogP contribution is -2.60. The van der Waals surface area contributed by atoms with Gasteiger partial charge in [-0.15, -0.1) is 0 Å². The van der Waals surface area contributed by atoms with Gasteiger partial charge in [0.1, 0.15) is 6.34 Å². The Balaban J connectivity index is 2.60. The first-order valence-corrected chi connectivity index (χ1v) is 3.86. The lowest BCUT2D eigenvalue weighted by atomic mass is 9.92. The number of carbonyl (C=O) groups is 2. The van der Waals surface area contributed by atoms with E-state index < -0.39 is 17.2 Å². The van der Waals surface area contributed by atoms with Crippen molar-refractivity contribution in [3.8, 4) is 0 Å². The Hall–Kier alpha value is -2.05. The number of carbonyl (C=O) groups excluding carboxylic acids is 2. The van der Waals surface area contributed by atoms with Crippen LogP contribution in [0.25, 0.3) is 0 Å². The molecule has 72 valence electrons. The number of hydrogen-bond acceptors (Lipinski definition) is 6. The van der Waals surface area contributed by atoms with Gasteiger partial charge in [-0.05, 0) is 6.92 Å². The number of guanidine groups is 1. The summed E-state index contributed by atoms with van der Waals surface area (Å²) in [5, 5.41) is 2.25. The summed E-state index contributed by atoms with van der Waals surface area (Å²) < 4.78 is 0. The standard InChI is InChI=1S/C7H7N5O2/c1-3(13)7-4(9-2-10-7)11-6(8)12-5(7)14/h2H,1H3,(H3,8,9,10,11,12,14). The number of nitrogens with zero attached hydrogens (tertiary/aromatic N) is 3. The van der Waals surface area contributed by atoms with Crippen LogP contribution in [0, 0.1) is 0 Å². The highest BCUT2D eigenvalue weighted by Crippen LogP contribution is 2.22. The number of Topliss-reactive ketones (excluding diaryl/α,β-unsaturated/α-hetero) is 1. The number of fused-ring (bicyclic) bond motifs is 1. The molecule has 14 heavy (non-hydrogen) atoms. The van der Waals surface area contributed by atoms with Crippen LogP contribution >= 0.6 is 0 Å². The lowest BCUT2D eigenvalue weighted by Gasteiger charge is -2.25. The van der Waals surface area contributed by atoms with E-state index >= 15 is 0 Å². The summed E-state index contributed by atoms with van der Waals surface area (Å²) in [5.74, 6) is -1.08. The smallest absolute Gasteiger partial charge is 0.270 e. The van der Waals surface area contributed by atoms with Gasteiger partial charge < -0.3 is 5.73 Å². The first-order chi connectivity index (χ1) is 6.57. The van der Waals surface area contributed by atoms with Crippen molar-refractivity contribution in [3.63, 3.8) is 0 Å². The van der Waals surface area contributed by atoms with E-state index in [1.807, 2.05) is 0 Å². The Kier molecular flexibility index (Phi) is 1.51. The minimum atomic E-state index is -1.61. The maximum absolute atomic E-state index is 11.6. The quantitative estimate of drug-likeness (QED) is 0.479. The Morgan fingerprint density at radius 3 is 3.00 bits per heavy atom. The van der Waals surface area contributed by atoms with Crippen molar-refractivity contribution >= 4 is 29.8 Å². The fourth-order valence-electron chi connectivity index (χ4n) is 1.35. The number of nitrogens with two attached hydrogens (primary N) is 1. The molecule has 0 saturated carbocycles. The predicted molar refractivity (Wildman–Crippen MR) is 49.1 cm³/mol. The maximum Gasteiger partial charge on any atom is 0.270 e. The molecule has 0 spiro atoms. The van der Waals surface area contributed by atoms with Crippen molar-refractivity contribution in [2.75, 3.05) is 0 Å². The second kappa shape index (κ2) is 2.47. The van der Waals surface area contributed by atoms with E-state index in [0.29, 0.717) is 0 Å². The molecule has 1 atom stereocenters. The van der Waals surface area contributed by atoms with E-state index in [1.165, 1.54) is 6.92 Å².